The maximum atomic E-state index is 15.1. The van der Waals surface area contributed by atoms with Crippen LogP contribution in [0.4, 0.5) is 21.6 Å². The number of pyridine rings is 1. The normalized spacial score (nSPS) is 15.9. The first kappa shape index (κ1) is 26.2. The van der Waals surface area contributed by atoms with Crippen LogP contribution < -0.4 is 15.1 Å². The van der Waals surface area contributed by atoms with Crippen LogP contribution in [0.25, 0.3) is 4.85 Å². The number of carbonyl (C=O) groups excluding carboxylic acids is 3. The maximum absolute atomic E-state index is 15.1. The fourth-order valence-electron chi connectivity index (χ4n) is 4.59. The number of halogens is 1. The third-order valence-electron chi connectivity index (χ3n) is 6.60. The standard InChI is InChI=1S/C26H26FN5O4S/c1-4-36-21(33)7-5-12-29-23(34)19-9-8-17(14-20(19)27)32-25(37)31(24(35)26(32)10-6-11-26)18-13-16(2)22(28-3)30-15-18/h8-9,13-15H,4-7,10-12H2,1-2H3,(H,29,34). The minimum Gasteiger partial charge on any atom is -0.466 e. The number of anilines is 2. The van der Waals surface area contributed by atoms with Crippen LogP contribution in [-0.2, 0) is 14.3 Å². The summed E-state index contributed by atoms with van der Waals surface area (Å²) >= 11 is 5.70. The van der Waals surface area contributed by atoms with E-state index in [2.05, 4.69) is 15.1 Å². The number of hydrogen-bond donors (Lipinski definition) is 1. The van der Waals surface area contributed by atoms with Gasteiger partial charge in [-0.2, -0.15) is 0 Å². The van der Waals surface area contributed by atoms with E-state index in [4.69, 9.17) is 23.5 Å². The van der Waals surface area contributed by atoms with Gasteiger partial charge in [0.05, 0.1) is 17.9 Å². The smallest absolute Gasteiger partial charge is 0.305 e. The number of ether oxygens (including phenoxy) is 1. The summed E-state index contributed by atoms with van der Waals surface area (Å²) in [5, 5.41) is 2.80. The summed E-state index contributed by atoms with van der Waals surface area (Å²) in [6, 6.07) is 5.84. The molecule has 1 aromatic heterocycles. The maximum Gasteiger partial charge on any atom is 0.305 e. The minimum absolute atomic E-state index is 0.148. The van der Waals surface area contributed by atoms with Gasteiger partial charge in [-0.25, -0.2) is 4.39 Å². The average molecular weight is 524 g/mol. The highest BCUT2D eigenvalue weighted by molar-refractivity contribution is 7.81. The molecule has 192 valence electrons. The van der Waals surface area contributed by atoms with Crippen molar-refractivity contribution in [3.63, 3.8) is 0 Å². The van der Waals surface area contributed by atoms with Crippen LogP contribution in [0.5, 0.6) is 0 Å². The number of thiocarbonyl (C=S) groups is 1. The van der Waals surface area contributed by atoms with Gasteiger partial charge in [0.15, 0.2) is 5.11 Å². The van der Waals surface area contributed by atoms with Crippen molar-refractivity contribution >= 4 is 52.3 Å². The molecule has 1 N–H and O–H groups in total. The van der Waals surface area contributed by atoms with Gasteiger partial charge in [0, 0.05) is 18.7 Å². The second kappa shape index (κ2) is 10.6. The van der Waals surface area contributed by atoms with Crippen molar-refractivity contribution in [2.45, 2.75) is 51.5 Å². The summed E-state index contributed by atoms with van der Waals surface area (Å²) in [5.74, 6) is -1.68. The molecule has 1 aliphatic carbocycles. The molecule has 1 saturated carbocycles. The van der Waals surface area contributed by atoms with Crippen LogP contribution >= 0.6 is 12.2 Å². The molecule has 37 heavy (non-hydrogen) atoms. The third kappa shape index (κ3) is 4.76. The largest absolute Gasteiger partial charge is 0.466 e. The molecule has 11 heteroatoms. The second-order valence-electron chi connectivity index (χ2n) is 8.92. The fourth-order valence-corrected chi connectivity index (χ4v) is 5.06. The highest BCUT2D eigenvalue weighted by atomic mass is 32.1. The van der Waals surface area contributed by atoms with Crippen molar-refractivity contribution in [2.75, 3.05) is 23.0 Å². The van der Waals surface area contributed by atoms with Gasteiger partial charge in [-0.15, -0.1) is 4.98 Å². The quantitative estimate of drug-likeness (QED) is 0.240. The summed E-state index contributed by atoms with van der Waals surface area (Å²) in [4.78, 5) is 48.1. The fraction of sp³-hybridized carbons (Fsp3) is 0.385. The van der Waals surface area contributed by atoms with Crippen LogP contribution in [0.3, 0.4) is 0 Å². The van der Waals surface area contributed by atoms with E-state index < -0.39 is 17.3 Å². The molecule has 2 amide bonds. The molecule has 9 nitrogen and oxygen atoms in total. The molecule has 0 atom stereocenters. The Morgan fingerprint density at radius 2 is 2.05 bits per heavy atom. The highest BCUT2D eigenvalue weighted by Crippen LogP contribution is 2.48. The first-order valence-corrected chi connectivity index (χ1v) is 12.4. The molecule has 1 aromatic carbocycles. The lowest BCUT2D eigenvalue weighted by atomic mass is 9.75. The van der Waals surface area contributed by atoms with E-state index >= 15 is 4.39 Å². The summed E-state index contributed by atoms with van der Waals surface area (Å²) in [6.45, 7) is 11.1. The second-order valence-corrected chi connectivity index (χ2v) is 9.28. The number of amides is 2. The molecule has 0 radical (unpaired) electrons. The molecular formula is C26H26FN5O4S. The van der Waals surface area contributed by atoms with E-state index in [9.17, 15) is 14.4 Å². The number of benzene rings is 1. The van der Waals surface area contributed by atoms with Gasteiger partial charge in [0.25, 0.3) is 17.6 Å². The zero-order chi connectivity index (χ0) is 26.7. The number of esters is 1. The lowest BCUT2D eigenvalue weighted by molar-refractivity contribution is -0.143. The SMILES string of the molecule is [C-]#[N+]c1ncc(N2C(=O)C3(CCC3)N(c3ccc(C(=O)NCCCC(=O)OCC)c(F)c3)C2=S)cc1C. The summed E-state index contributed by atoms with van der Waals surface area (Å²) in [5.41, 5.74) is 0.373. The van der Waals surface area contributed by atoms with Gasteiger partial charge in [-0.1, -0.05) is 6.57 Å². The molecule has 2 fully saturated rings. The Kier molecular flexibility index (Phi) is 7.50. The van der Waals surface area contributed by atoms with E-state index in [-0.39, 0.29) is 41.3 Å². The molecule has 2 aromatic rings. The Morgan fingerprint density at radius 3 is 2.65 bits per heavy atom. The van der Waals surface area contributed by atoms with Gasteiger partial charge in [-0.3, -0.25) is 19.3 Å². The predicted molar refractivity (Wildman–Crippen MR) is 139 cm³/mol. The molecule has 4 rings (SSSR count). The van der Waals surface area contributed by atoms with Gasteiger partial charge < -0.3 is 19.8 Å². The molecule has 2 heterocycles. The number of aryl methyl sites for hydroxylation is 1. The Balaban J connectivity index is 1.54. The van der Waals surface area contributed by atoms with Crippen molar-refractivity contribution in [1.29, 1.82) is 0 Å². The third-order valence-corrected chi connectivity index (χ3v) is 6.96. The Bertz CT molecular complexity index is 1320. The first-order valence-electron chi connectivity index (χ1n) is 12.0. The van der Waals surface area contributed by atoms with E-state index in [1.807, 2.05) is 0 Å². The van der Waals surface area contributed by atoms with Crippen molar-refractivity contribution in [1.82, 2.24) is 10.3 Å². The topological polar surface area (TPSA) is 96.2 Å². The van der Waals surface area contributed by atoms with E-state index in [0.29, 0.717) is 42.8 Å². The lowest BCUT2D eigenvalue weighted by Crippen LogP contribution is -2.55. The van der Waals surface area contributed by atoms with Gasteiger partial charge in [0.1, 0.15) is 17.6 Å². The van der Waals surface area contributed by atoms with Crippen LogP contribution in [0, 0.1) is 19.3 Å². The average Bonchev–Trinajstić information content (AvgIpc) is 3.08. The Morgan fingerprint density at radius 1 is 1.30 bits per heavy atom. The highest BCUT2D eigenvalue weighted by Gasteiger charge is 2.59. The number of aromatic nitrogens is 1. The predicted octanol–water partition coefficient (Wildman–Crippen LogP) is 4.21. The molecule has 1 spiro atoms. The van der Waals surface area contributed by atoms with Crippen molar-refractivity contribution in [2.24, 2.45) is 0 Å². The zero-order valence-electron chi connectivity index (χ0n) is 20.5. The van der Waals surface area contributed by atoms with Crippen molar-refractivity contribution in [3.05, 3.63) is 58.8 Å². The first-order chi connectivity index (χ1) is 17.7. The number of hydrogen-bond acceptors (Lipinski definition) is 6. The molecule has 2 aliphatic rings. The van der Waals surface area contributed by atoms with Gasteiger partial charge in [-0.05, 0) is 81.6 Å². The molecule has 0 bridgehead atoms. The van der Waals surface area contributed by atoms with Crippen LogP contribution in [0.2, 0.25) is 0 Å². The molecule has 1 saturated heterocycles. The number of nitrogens with zero attached hydrogens (tertiary/aromatic N) is 4. The van der Waals surface area contributed by atoms with Crippen LogP contribution in [-0.4, -0.2) is 46.6 Å². The van der Waals surface area contributed by atoms with E-state index in [1.54, 1.807) is 30.9 Å². The lowest BCUT2D eigenvalue weighted by Gasteiger charge is -2.43. The van der Waals surface area contributed by atoms with Gasteiger partial charge >= 0.3 is 5.97 Å². The zero-order valence-corrected chi connectivity index (χ0v) is 21.4. The molecule has 1 aliphatic heterocycles. The van der Waals surface area contributed by atoms with E-state index in [1.165, 1.54) is 23.2 Å². The number of nitrogens with one attached hydrogen (secondary N) is 1. The summed E-state index contributed by atoms with van der Waals surface area (Å²) in [6.07, 6.45) is 3.90. The minimum atomic E-state index is -0.924. The molecular weight excluding hydrogens is 497 g/mol. The monoisotopic (exact) mass is 523 g/mol. The Hall–Kier alpha value is -3.91. The summed E-state index contributed by atoms with van der Waals surface area (Å²) < 4.78 is 19.9. The number of rotatable bonds is 8. The van der Waals surface area contributed by atoms with Crippen LogP contribution in [0.1, 0.15) is 54.9 Å². The van der Waals surface area contributed by atoms with Crippen LogP contribution in [0.15, 0.2) is 30.5 Å². The van der Waals surface area contributed by atoms with Crippen molar-refractivity contribution < 1.29 is 23.5 Å². The van der Waals surface area contributed by atoms with E-state index in [0.717, 1.165) is 6.42 Å². The van der Waals surface area contributed by atoms with Gasteiger partial charge in [0.2, 0.25) is 0 Å². The number of carbonyl (C=O) groups is 3. The Labute approximate surface area is 219 Å². The summed E-state index contributed by atoms with van der Waals surface area (Å²) in [7, 11) is 0. The van der Waals surface area contributed by atoms with Crippen molar-refractivity contribution in [3.8, 4) is 0 Å². The molecule has 0 unspecified atom stereocenters.